The lowest BCUT2D eigenvalue weighted by atomic mass is 10.0. The van der Waals surface area contributed by atoms with Crippen LogP contribution in [-0.4, -0.2) is 40.3 Å². The zero-order valence-electron chi connectivity index (χ0n) is 12.7. The molecule has 2 aromatic rings. The quantitative estimate of drug-likeness (QED) is 0.681. The van der Waals surface area contributed by atoms with Crippen LogP contribution < -0.4 is 5.32 Å². The van der Waals surface area contributed by atoms with Crippen LogP contribution >= 0.6 is 11.6 Å². The highest BCUT2D eigenvalue weighted by Gasteiger charge is 2.30. The Bertz CT molecular complexity index is 769. The molecule has 0 bridgehead atoms. The lowest BCUT2D eigenvalue weighted by molar-refractivity contribution is -0.384. The van der Waals surface area contributed by atoms with E-state index >= 15 is 0 Å². The number of amides is 1. The number of non-ortho nitro benzene ring substituents is 1. The Labute approximate surface area is 143 Å². The number of halogens is 1. The summed E-state index contributed by atoms with van der Waals surface area (Å²) in [4.78, 5) is 29.0. The number of carbonyl (C=O) groups excluding carboxylic acids is 1. The van der Waals surface area contributed by atoms with E-state index in [-0.39, 0.29) is 28.2 Å². The van der Waals surface area contributed by atoms with Crippen molar-refractivity contribution >= 4 is 23.2 Å². The Kier molecular flexibility index (Phi) is 4.73. The number of pyridine rings is 1. The van der Waals surface area contributed by atoms with E-state index in [1.165, 1.54) is 18.2 Å². The SMILES string of the molecule is O=C(c1ccc([N+](=O)[O-])cc1Cl)N1CCNCC1c1cccnc1. The minimum absolute atomic E-state index is 0.0812. The minimum Gasteiger partial charge on any atom is -0.329 e. The summed E-state index contributed by atoms with van der Waals surface area (Å²) in [7, 11) is 0. The molecule has 0 spiro atoms. The Morgan fingerprint density at radius 3 is 2.92 bits per heavy atom. The predicted octanol–water partition coefficient (Wildman–Crippen LogP) is 2.43. The third-order valence-electron chi connectivity index (χ3n) is 3.97. The van der Waals surface area contributed by atoms with Crippen LogP contribution in [0.4, 0.5) is 5.69 Å². The van der Waals surface area contributed by atoms with Crippen LogP contribution in [0.3, 0.4) is 0 Å². The van der Waals surface area contributed by atoms with E-state index in [0.29, 0.717) is 19.6 Å². The number of nitro groups is 1. The molecule has 1 aliphatic heterocycles. The van der Waals surface area contributed by atoms with E-state index in [0.717, 1.165) is 5.56 Å². The van der Waals surface area contributed by atoms with Gasteiger partial charge >= 0.3 is 0 Å². The number of aromatic nitrogens is 1. The summed E-state index contributed by atoms with van der Waals surface area (Å²) in [6, 6.07) is 7.49. The number of hydrogen-bond acceptors (Lipinski definition) is 5. The normalized spacial score (nSPS) is 17.5. The number of piperazine rings is 1. The number of nitrogens with one attached hydrogen (secondary N) is 1. The van der Waals surface area contributed by atoms with Crippen LogP contribution in [0.25, 0.3) is 0 Å². The fourth-order valence-electron chi connectivity index (χ4n) is 2.76. The number of hydrogen-bond donors (Lipinski definition) is 1. The van der Waals surface area contributed by atoms with Crippen molar-refractivity contribution in [3.05, 3.63) is 69.0 Å². The first-order valence-electron chi connectivity index (χ1n) is 7.43. The molecule has 1 aliphatic rings. The second-order valence-corrected chi connectivity index (χ2v) is 5.83. The molecule has 1 N–H and O–H groups in total. The van der Waals surface area contributed by atoms with Crippen molar-refractivity contribution in [3.8, 4) is 0 Å². The van der Waals surface area contributed by atoms with E-state index in [1.54, 1.807) is 17.3 Å². The standard InChI is InChI=1S/C16H15ClN4O3/c17-14-8-12(21(23)24)3-4-13(14)16(22)20-7-6-19-10-15(20)11-2-1-5-18-9-11/h1-5,8-9,15,19H,6-7,10H2. The average molecular weight is 347 g/mol. The van der Waals surface area contributed by atoms with Crippen molar-refractivity contribution in [1.29, 1.82) is 0 Å². The summed E-state index contributed by atoms with van der Waals surface area (Å²) in [5.41, 5.74) is 1.05. The molecule has 124 valence electrons. The van der Waals surface area contributed by atoms with Gasteiger partial charge in [-0.2, -0.15) is 0 Å². The number of benzene rings is 1. The first kappa shape index (κ1) is 16.4. The van der Waals surface area contributed by atoms with E-state index in [2.05, 4.69) is 10.3 Å². The van der Waals surface area contributed by atoms with Crippen molar-refractivity contribution in [1.82, 2.24) is 15.2 Å². The first-order chi connectivity index (χ1) is 11.6. The van der Waals surface area contributed by atoms with Crippen LogP contribution in [0.2, 0.25) is 5.02 Å². The maximum absolute atomic E-state index is 12.9. The Morgan fingerprint density at radius 1 is 1.42 bits per heavy atom. The highest BCUT2D eigenvalue weighted by Crippen LogP contribution is 2.28. The van der Waals surface area contributed by atoms with Gasteiger partial charge < -0.3 is 10.2 Å². The zero-order valence-corrected chi connectivity index (χ0v) is 13.4. The molecule has 3 rings (SSSR count). The number of carbonyl (C=O) groups is 1. The molecule has 7 nitrogen and oxygen atoms in total. The Morgan fingerprint density at radius 2 is 2.25 bits per heavy atom. The van der Waals surface area contributed by atoms with Gasteiger partial charge in [0, 0.05) is 44.2 Å². The summed E-state index contributed by atoms with van der Waals surface area (Å²) in [5.74, 6) is -0.245. The molecule has 0 saturated carbocycles. The fraction of sp³-hybridized carbons (Fsp3) is 0.250. The molecule has 24 heavy (non-hydrogen) atoms. The zero-order chi connectivity index (χ0) is 17.1. The first-order valence-corrected chi connectivity index (χ1v) is 7.81. The van der Waals surface area contributed by atoms with Gasteiger partial charge in [-0.05, 0) is 17.7 Å². The van der Waals surface area contributed by atoms with Crippen molar-refractivity contribution in [2.24, 2.45) is 0 Å². The third-order valence-corrected chi connectivity index (χ3v) is 4.28. The van der Waals surface area contributed by atoms with E-state index < -0.39 is 4.92 Å². The molecule has 1 aromatic carbocycles. The monoisotopic (exact) mass is 346 g/mol. The Hall–Kier alpha value is -2.51. The maximum atomic E-state index is 12.9. The lowest BCUT2D eigenvalue weighted by Crippen LogP contribution is -2.48. The average Bonchev–Trinajstić information content (AvgIpc) is 2.61. The summed E-state index contributed by atoms with van der Waals surface area (Å²) in [5, 5.41) is 14.2. The van der Waals surface area contributed by atoms with Crippen molar-refractivity contribution in [2.75, 3.05) is 19.6 Å². The largest absolute Gasteiger partial charge is 0.329 e. The lowest BCUT2D eigenvalue weighted by Gasteiger charge is -2.36. The van der Waals surface area contributed by atoms with Gasteiger partial charge in [-0.15, -0.1) is 0 Å². The van der Waals surface area contributed by atoms with Gasteiger partial charge in [0.05, 0.1) is 21.6 Å². The topological polar surface area (TPSA) is 88.4 Å². The van der Waals surface area contributed by atoms with Crippen LogP contribution in [-0.2, 0) is 0 Å². The van der Waals surface area contributed by atoms with Gasteiger partial charge in [-0.1, -0.05) is 17.7 Å². The van der Waals surface area contributed by atoms with E-state index in [9.17, 15) is 14.9 Å². The molecule has 0 aliphatic carbocycles. The smallest absolute Gasteiger partial charge is 0.270 e. The molecule has 1 atom stereocenters. The van der Waals surface area contributed by atoms with Crippen LogP contribution in [0.5, 0.6) is 0 Å². The molecular weight excluding hydrogens is 332 g/mol. The highest BCUT2D eigenvalue weighted by molar-refractivity contribution is 6.34. The van der Waals surface area contributed by atoms with Gasteiger partial charge in [-0.3, -0.25) is 19.9 Å². The predicted molar refractivity (Wildman–Crippen MR) is 89.0 cm³/mol. The molecule has 1 fully saturated rings. The molecule has 1 saturated heterocycles. The number of nitro benzene ring substituents is 1. The third kappa shape index (κ3) is 3.22. The molecule has 0 radical (unpaired) electrons. The second-order valence-electron chi connectivity index (χ2n) is 5.43. The molecule has 1 unspecified atom stereocenters. The number of nitrogens with zero attached hydrogens (tertiary/aromatic N) is 3. The van der Waals surface area contributed by atoms with Crippen molar-refractivity contribution in [2.45, 2.75) is 6.04 Å². The van der Waals surface area contributed by atoms with Crippen molar-refractivity contribution < 1.29 is 9.72 Å². The van der Waals surface area contributed by atoms with E-state index in [1.807, 2.05) is 12.1 Å². The van der Waals surface area contributed by atoms with Gasteiger partial charge in [0.15, 0.2) is 0 Å². The van der Waals surface area contributed by atoms with Gasteiger partial charge in [0.2, 0.25) is 0 Å². The van der Waals surface area contributed by atoms with Gasteiger partial charge in [-0.25, -0.2) is 0 Å². The Balaban J connectivity index is 1.91. The van der Waals surface area contributed by atoms with Gasteiger partial charge in [0.1, 0.15) is 0 Å². The molecule has 8 heteroatoms. The van der Waals surface area contributed by atoms with Crippen molar-refractivity contribution in [3.63, 3.8) is 0 Å². The molecule has 1 aromatic heterocycles. The summed E-state index contributed by atoms with van der Waals surface area (Å²) < 4.78 is 0. The number of rotatable bonds is 3. The van der Waals surface area contributed by atoms with Crippen LogP contribution in [0.1, 0.15) is 22.0 Å². The summed E-state index contributed by atoms with van der Waals surface area (Å²) in [6.45, 7) is 1.81. The maximum Gasteiger partial charge on any atom is 0.270 e. The minimum atomic E-state index is -0.538. The molecular formula is C16H15ClN4O3. The molecule has 2 heterocycles. The fourth-order valence-corrected chi connectivity index (χ4v) is 3.02. The summed E-state index contributed by atoms with van der Waals surface area (Å²) >= 11 is 6.10. The second kappa shape index (κ2) is 6.94. The summed E-state index contributed by atoms with van der Waals surface area (Å²) in [6.07, 6.45) is 3.41. The highest BCUT2D eigenvalue weighted by atomic mass is 35.5. The van der Waals surface area contributed by atoms with Crippen LogP contribution in [0, 0.1) is 10.1 Å². The molecule has 1 amide bonds. The van der Waals surface area contributed by atoms with E-state index in [4.69, 9.17) is 11.6 Å². The van der Waals surface area contributed by atoms with Gasteiger partial charge in [0.25, 0.3) is 11.6 Å². The van der Waals surface area contributed by atoms with Crippen LogP contribution in [0.15, 0.2) is 42.7 Å².